The van der Waals surface area contributed by atoms with Gasteiger partial charge in [0, 0.05) is 10.0 Å². The van der Waals surface area contributed by atoms with Crippen molar-refractivity contribution >= 4 is 27.7 Å². The van der Waals surface area contributed by atoms with E-state index in [1.54, 1.807) is 42.5 Å². The molecule has 0 aliphatic heterocycles. The van der Waals surface area contributed by atoms with Crippen molar-refractivity contribution in [3.63, 3.8) is 0 Å². The molecule has 0 aromatic heterocycles. The summed E-state index contributed by atoms with van der Waals surface area (Å²) in [6.45, 7) is 4.33. The molecule has 2 rings (SSSR count). The Kier molecular flexibility index (Phi) is 7.01. The molecule has 0 unspecified atom stereocenters. The summed E-state index contributed by atoms with van der Waals surface area (Å²) >= 11 is 3.30. The number of halogens is 1. The van der Waals surface area contributed by atoms with Crippen molar-refractivity contribution in [2.45, 2.75) is 13.8 Å². The minimum absolute atomic E-state index is 0.267. The Bertz CT molecular complexity index is 740. The lowest BCUT2D eigenvalue weighted by Gasteiger charge is -2.12. The normalized spacial score (nSPS) is 10.2. The minimum Gasteiger partial charge on any atom is -0.490 e. The van der Waals surface area contributed by atoms with Gasteiger partial charge in [0.15, 0.2) is 23.9 Å². The van der Waals surface area contributed by atoms with Gasteiger partial charge in [0.1, 0.15) is 0 Å². The summed E-state index contributed by atoms with van der Waals surface area (Å²) in [7, 11) is 0. The third-order valence-corrected chi connectivity index (χ3v) is 3.81. The van der Waals surface area contributed by atoms with E-state index in [0.717, 1.165) is 4.47 Å². The summed E-state index contributed by atoms with van der Waals surface area (Å²) in [5.41, 5.74) is 0.785. The molecule has 132 valence electrons. The maximum atomic E-state index is 12.2. The van der Waals surface area contributed by atoms with Gasteiger partial charge in [-0.2, -0.15) is 0 Å². The molecule has 0 amide bonds. The third-order valence-electron chi connectivity index (χ3n) is 3.28. The third kappa shape index (κ3) is 5.32. The van der Waals surface area contributed by atoms with Crippen LogP contribution in [0.5, 0.6) is 11.5 Å². The van der Waals surface area contributed by atoms with Crippen LogP contribution in [0.25, 0.3) is 0 Å². The van der Waals surface area contributed by atoms with Gasteiger partial charge in [-0.1, -0.05) is 28.1 Å². The van der Waals surface area contributed by atoms with Crippen molar-refractivity contribution in [3.8, 4) is 11.5 Å². The number of hydrogen-bond donors (Lipinski definition) is 0. The number of ether oxygens (including phenoxy) is 3. The molecule has 0 heterocycles. The number of carbonyl (C=O) groups is 2. The van der Waals surface area contributed by atoms with E-state index in [1.165, 1.54) is 0 Å². The van der Waals surface area contributed by atoms with Gasteiger partial charge in [0.2, 0.25) is 0 Å². The van der Waals surface area contributed by atoms with Gasteiger partial charge < -0.3 is 14.2 Å². The van der Waals surface area contributed by atoms with Crippen LogP contribution in [0.2, 0.25) is 0 Å². The molecule has 0 aliphatic rings. The highest BCUT2D eigenvalue weighted by Crippen LogP contribution is 2.28. The average Bonchev–Trinajstić information content (AvgIpc) is 2.62. The molecule has 0 N–H and O–H groups in total. The number of esters is 1. The van der Waals surface area contributed by atoms with Crippen molar-refractivity contribution in [1.29, 1.82) is 0 Å². The summed E-state index contributed by atoms with van der Waals surface area (Å²) in [6.07, 6.45) is 0. The summed E-state index contributed by atoms with van der Waals surface area (Å²) in [5.74, 6) is 0.177. The van der Waals surface area contributed by atoms with E-state index in [2.05, 4.69) is 15.9 Å². The van der Waals surface area contributed by atoms with Gasteiger partial charge in [-0.05, 0) is 44.2 Å². The van der Waals surface area contributed by atoms with Crippen LogP contribution in [-0.2, 0) is 4.74 Å². The first-order valence-corrected chi connectivity index (χ1v) is 8.70. The van der Waals surface area contributed by atoms with Crippen LogP contribution in [0, 0.1) is 0 Å². The van der Waals surface area contributed by atoms with Crippen LogP contribution in [0.4, 0.5) is 0 Å². The van der Waals surface area contributed by atoms with Crippen molar-refractivity contribution in [2.75, 3.05) is 19.8 Å². The maximum absolute atomic E-state index is 12.2. The molecule has 6 heteroatoms. The van der Waals surface area contributed by atoms with Gasteiger partial charge in [0.25, 0.3) is 0 Å². The number of carbonyl (C=O) groups excluding carboxylic acids is 2. The van der Waals surface area contributed by atoms with Crippen molar-refractivity contribution in [1.82, 2.24) is 0 Å². The summed E-state index contributed by atoms with van der Waals surface area (Å²) in [5, 5.41) is 0. The van der Waals surface area contributed by atoms with Gasteiger partial charge >= 0.3 is 5.97 Å². The van der Waals surface area contributed by atoms with Gasteiger partial charge in [-0.25, -0.2) is 4.79 Å². The fourth-order valence-corrected chi connectivity index (χ4v) is 2.38. The standard InChI is InChI=1S/C19H19BrO5/c1-3-23-17-10-7-14(11-18(17)24-4-2)19(22)25-12-16(21)13-5-8-15(20)9-6-13/h5-11H,3-4,12H2,1-2H3. The highest BCUT2D eigenvalue weighted by Gasteiger charge is 2.15. The molecule has 0 radical (unpaired) electrons. The summed E-state index contributed by atoms with van der Waals surface area (Å²) < 4.78 is 16.9. The molecule has 0 fully saturated rings. The van der Waals surface area contributed by atoms with Crippen LogP contribution in [0.3, 0.4) is 0 Å². The molecule has 25 heavy (non-hydrogen) atoms. The predicted octanol–water partition coefficient (Wildman–Crippen LogP) is 4.29. The lowest BCUT2D eigenvalue weighted by Crippen LogP contribution is -2.14. The molecule has 0 aliphatic carbocycles. The molecule has 5 nitrogen and oxygen atoms in total. The zero-order chi connectivity index (χ0) is 18.2. The van der Waals surface area contributed by atoms with Crippen LogP contribution < -0.4 is 9.47 Å². The maximum Gasteiger partial charge on any atom is 0.338 e. The van der Waals surface area contributed by atoms with Gasteiger partial charge in [-0.3, -0.25) is 4.79 Å². The van der Waals surface area contributed by atoms with E-state index in [1.807, 2.05) is 13.8 Å². The SMILES string of the molecule is CCOc1ccc(C(=O)OCC(=O)c2ccc(Br)cc2)cc1OCC. The Morgan fingerprint density at radius 2 is 1.48 bits per heavy atom. The molecule has 0 atom stereocenters. The second kappa shape index (κ2) is 9.22. The number of rotatable bonds is 8. The largest absolute Gasteiger partial charge is 0.490 e. The average molecular weight is 407 g/mol. The molecule has 2 aromatic rings. The van der Waals surface area contributed by atoms with E-state index < -0.39 is 5.97 Å². The lowest BCUT2D eigenvalue weighted by atomic mass is 10.1. The second-order valence-electron chi connectivity index (χ2n) is 5.03. The number of benzene rings is 2. The minimum atomic E-state index is -0.588. The van der Waals surface area contributed by atoms with Gasteiger partial charge in [0.05, 0.1) is 18.8 Å². The molecular formula is C19H19BrO5. The first kappa shape index (κ1) is 19.0. The van der Waals surface area contributed by atoms with E-state index in [4.69, 9.17) is 14.2 Å². The molecule has 2 aromatic carbocycles. The quantitative estimate of drug-likeness (QED) is 0.483. The summed E-state index contributed by atoms with van der Waals surface area (Å²) in [6, 6.07) is 11.7. The zero-order valence-electron chi connectivity index (χ0n) is 14.1. The fraction of sp³-hybridized carbons (Fsp3) is 0.263. The number of hydrogen-bond acceptors (Lipinski definition) is 5. The Labute approximate surface area is 155 Å². The monoisotopic (exact) mass is 406 g/mol. The number of Topliss-reactive ketones (excluding diaryl/α,β-unsaturated/α-hetero) is 1. The van der Waals surface area contributed by atoms with Crippen LogP contribution in [-0.4, -0.2) is 31.6 Å². The van der Waals surface area contributed by atoms with E-state index >= 15 is 0 Å². The molecule has 0 saturated carbocycles. The molecule has 0 spiro atoms. The predicted molar refractivity (Wildman–Crippen MR) is 97.5 cm³/mol. The van der Waals surface area contributed by atoms with Gasteiger partial charge in [-0.15, -0.1) is 0 Å². The van der Waals surface area contributed by atoms with E-state index in [9.17, 15) is 9.59 Å². The van der Waals surface area contributed by atoms with E-state index in [0.29, 0.717) is 35.8 Å². The second-order valence-corrected chi connectivity index (χ2v) is 5.95. The fourth-order valence-electron chi connectivity index (χ4n) is 2.11. The van der Waals surface area contributed by atoms with Crippen LogP contribution in [0.15, 0.2) is 46.9 Å². The topological polar surface area (TPSA) is 61.8 Å². The number of ketones is 1. The molecular weight excluding hydrogens is 388 g/mol. The van der Waals surface area contributed by atoms with E-state index in [-0.39, 0.29) is 12.4 Å². The molecule has 0 bridgehead atoms. The smallest absolute Gasteiger partial charge is 0.338 e. The lowest BCUT2D eigenvalue weighted by molar-refractivity contribution is 0.0474. The Hall–Kier alpha value is -2.34. The van der Waals surface area contributed by atoms with Crippen LogP contribution in [0.1, 0.15) is 34.6 Å². The first-order valence-electron chi connectivity index (χ1n) is 7.90. The highest BCUT2D eigenvalue weighted by molar-refractivity contribution is 9.10. The van der Waals surface area contributed by atoms with Crippen molar-refractivity contribution in [3.05, 3.63) is 58.1 Å². The van der Waals surface area contributed by atoms with Crippen LogP contribution >= 0.6 is 15.9 Å². The zero-order valence-corrected chi connectivity index (χ0v) is 15.7. The molecule has 0 saturated heterocycles. The van der Waals surface area contributed by atoms with Crippen molar-refractivity contribution < 1.29 is 23.8 Å². The first-order chi connectivity index (χ1) is 12.0. The summed E-state index contributed by atoms with van der Waals surface area (Å²) in [4.78, 5) is 24.2. The Morgan fingerprint density at radius 1 is 0.880 bits per heavy atom. The highest BCUT2D eigenvalue weighted by atomic mass is 79.9. The van der Waals surface area contributed by atoms with Crippen molar-refractivity contribution in [2.24, 2.45) is 0 Å². The Balaban J connectivity index is 2.03. The Morgan fingerprint density at radius 3 is 2.12 bits per heavy atom.